The van der Waals surface area contributed by atoms with Crippen molar-refractivity contribution in [1.82, 2.24) is 0 Å². The number of furan rings is 1. The Bertz CT molecular complexity index is 1040. The lowest BCUT2D eigenvalue weighted by Gasteiger charge is -2.06. The van der Waals surface area contributed by atoms with Gasteiger partial charge in [0.15, 0.2) is 0 Å². The molecule has 4 aromatic rings. The topological polar surface area (TPSA) is 48.7 Å². The summed E-state index contributed by atoms with van der Waals surface area (Å²) < 4.78 is 16.7. The zero-order valence-electron chi connectivity index (χ0n) is 13.7. The predicted molar refractivity (Wildman–Crippen MR) is 96.3 cm³/mol. The van der Waals surface area contributed by atoms with Crippen LogP contribution < -0.4 is 9.47 Å². The van der Waals surface area contributed by atoms with Crippen molar-refractivity contribution < 1.29 is 18.7 Å². The van der Waals surface area contributed by atoms with E-state index in [1.165, 1.54) is 0 Å². The summed E-state index contributed by atoms with van der Waals surface area (Å²) in [6.45, 7) is 2.50. The minimum absolute atomic E-state index is 0.407. The lowest BCUT2D eigenvalue weighted by atomic mass is 10.1. The fourth-order valence-electron chi connectivity index (χ4n) is 2.79. The Labute approximate surface area is 144 Å². The summed E-state index contributed by atoms with van der Waals surface area (Å²) in [6.07, 6.45) is 0. The first kappa shape index (κ1) is 15.3. The van der Waals surface area contributed by atoms with Gasteiger partial charge in [-0.25, -0.2) is 4.79 Å². The zero-order chi connectivity index (χ0) is 17.2. The molecule has 0 fully saturated rings. The van der Waals surface area contributed by atoms with Crippen molar-refractivity contribution in [3.05, 3.63) is 72.3 Å². The van der Waals surface area contributed by atoms with Gasteiger partial charge in [0, 0.05) is 10.8 Å². The van der Waals surface area contributed by atoms with E-state index < -0.39 is 5.97 Å². The van der Waals surface area contributed by atoms with E-state index in [0.717, 1.165) is 27.7 Å². The van der Waals surface area contributed by atoms with Crippen molar-refractivity contribution in [1.29, 1.82) is 0 Å². The lowest BCUT2D eigenvalue weighted by Crippen LogP contribution is -2.08. The molecule has 4 nitrogen and oxygen atoms in total. The van der Waals surface area contributed by atoms with E-state index in [-0.39, 0.29) is 0 Å². The van der Waals surface area contributed by atoms with Gasteiger partial charge in [-0.05, 0) is 55.5 Å². The number of para-hydroxylation sites is 1. The summed E-state index contributed by atoms with van der Waals surface area (Å²) >= 11 is 0. The van der Waals surface area contributed by atoms with Crippen molar-refractivity contribution in [2.75, 3.05) is 6.61 Å². The third-order valence-corrected chi connectivity index (χ3v) is 3.96. The van der Waals surface area contributed by atoms with Crippen molar-refractivity contribution >= 4 is 27.9 Å². The van der Waals surface area contributed by atoms with Crippen molar-refractivity contribution in [2.45, 2.75) is 6.92 Å². The van der Waals surface area contributed by atoms with Crippen LogP contribution >= 0.6 is 0 Å². The van der Waals surface area contributed by atoms with Gasteiger partial charge in [0.25, 0.3) is 0 Å². The highest BCUT2D eigenvalue weighted by molar-refractivity contribution is 6.05. The van der Waals surface area contributed by atoms with Gasteiger partial charge in [0.05, 0.1) is 12.2 Å². The second kappa shape index (κ2) is 6.32. The first-order valence-electron chi connectivity index (χ1n) is 8.11. The minimum Gasteiger partial charge on any atom is -0.494 e. The molecule has 0 amide bonds. The number of rotatable bonds is 4. The first-order valence-corrected chi connectivity index (χ1v) is 8.11. The Morgan fingerprint density at radius 2 is 1.60 bits per heavy atom. The van der Waals surface area contributed by atoms with Gasteiger partial charge in [-0.1, -0.05) is 18.2 Å². The lowest BCUT2D eigenvalue weighted by molar-refractivity contribution is 0.0735. The van der Waals surface area contributed by atoms with E-state index in [1.807, 2.05) is 43.3 Å². The molecule has 0 atom stereocenters. The van der Waals surface area contributed by atoms with Crippen LogP contribution in [0.3, 0.4) is 0 Å². The monoisotopic (exact) mass is 332 g/mol. The molecular weight excluding hydrogens is 316 g/mol. The molecule has 0 unspecified atom stereocenters. The van der Waals surface area contributed by atoms with E-state index in [1.54, 1.807) is 30.3 Å². The second-order valence-corrected chi connectivity index (χ2v) is 5.60. The Kier molecular flexibility index (Phi) is 3.86. The van der Waals surface area contributed by atoms with Crippen molar-refractivity contribution in [3.8, 4) is 11.5 Å². The van der Waals surface area contributed by atoms with Gasteiger partial charge in [-0.2, -0.15) is 0 Å². The maximum absolute atomic E-state index is 12.3. The van der Waals surface area contributed by atoms with Gasteiger partial charge in [0.2, 0.25) is 0 Å². The number of carbonyl (C=O) groups excluding carboxylic acids is 1. The maximum atomic E-state index is 12.3. The molecule has 0 radical (unpaired) electrons. The number of fused-ring (bicyclic) bond motifs is 3. The average molecular weight is 332 g/mol. The van der Waals surface area contributed by atoms with Crippen LogP contribution in [0.1, 0.15) is 17.3 Å². The molecule has 0 aliphatic heterocycles. The highest BCUT2D eigenvalue weighted by Gasteiger charge is 2.12. The summed E-state index contributed by atoms with van der Waals surface area (Å²) in [7, 11) is 0. The quantitative estimate of drug-likeness (QED) is 0.380. The molecule has 0 spiro atoms. The van der Waals surface area contributed by atoms with Crippen molar-refractivity contribution in [3.63, 3.8) is 0 Å². The molecule has 25 heavy (non-hydrogen) atoms. The smallest absolute Gasteiger partial charge is 0.343 e. The molecule has 1 aromatic heterocycles. The van der Waals surface area contributed by atoms with Crippen LogP contribution in [0.15, 0.2) is 71.1 Å². The predicted octanol–water partition coefficient (Wildman–Crippen LogP) is 5.20. The highest BCUT2D eigenvalue weighted by Crippen LogP contribution is 2.31. The number of esters is 1. The average Bonchev–Trinajstić information content (AvgIpc) is 3.01. The van der Waals surface area contributed by atoms with Crippen LogP contribution in [-0.2, 0) is 0 Å². The Morgan fingerprint density at radius 3 is 2.40 bits per heavy atom. The van der Waals surface area contributed by atoms with E-state index in [4.69, 9.17) is 13.9 Å². The third kappa shape index (κ3) is 2.94. The summed E-state index contributed by atoms with van der Waals surface area (Å²) in [4.78, 5) is 12.3. The van der Waals surface area contributed by atoms with Crippen molar-refractivity contribution in [2.24, 2.45) is 0 Å². The number of benzene rings is 3. The van der Waals surface area contributed by atoms with Gasteiger partial charge in [0.1, 0.15) is 22.7 Å². The summed E-state index contributed by atoms with van der Waals surface area (Å²) in [6, 6.07) is 20.1. The molecule has 0 saturated carbocycles. The van der Waals surface area contributed by atoms with E-state index in [2.05, 4.69) is 0 Å². The molecular formula is C21H16O4. The minimum atomic E-state index is -0.407. The van der Waals surface area contributed by atoms with Crippen LogP contribution in [0.5, 0.6) is 11.5 Å². The second-order valence-electron chi connectivity index (χ2n) is 5.60. The molecule has 4 rings (SSSR count). The normalized spacial score (nSPS) is 10.9. The molecule has 0 saturated heterocycles. The van der Waals surface area contributed by atoms with Crippen LogP contribution in [0.25, 0.3) is 21.9 Å². The fourth-order valence-corrected chi connectivity index (χ4v) is 2.79. The summed E-state index contributed by atoms with van der Waals surface area (Å²) in [5, 5.41) is 1.92. The Balaban J connectivity index is 1.61. The fraction of sp³-hybridized carbons (Fsp3) is 0.0952. The number of hydrogen-bond donors (Lipinski definition) is 0. The molecule has 0 aliphatic rings. The van der Waals surface area contributed by atoms with Crippen LogP contribution in [0.4, 0.5) is 0 Å². The van der Waals surface area contributed by atoms with Gasteiger partial charge in [-0.15, -0.1) is 0 Å². The largest absolute Gasteiger partial charge is 0.494 e. The molecule has 1 heterocycles. The van der Waals surface area contributed by atoms with Crippen LogP contribution in [0.2, 0.25) is 0 Å². The maximum Gasteiger partial charge on any atom is 0.343 e. The molecule has 124 valence electrons. The third-order valence-electron chi connectivity index (χ3n) is 3.96. The van der Waals surface area contributed by atoms with E-state index in [9.17, 15) is 4.79 Å². The number of hydrogen-bond acceptors (Lipinski definition) is 4. The van der Waals surface area contributed by atoms with E-state index in [0.29, 0.717) is 17.9 Å². The first-order chi connectivity index (χ1) is 12.2. The number of carbonyl (C=O) groups is 1. The standard InChI is InChI=1S/C21H16O4/c1-2-23-15-9-7-14(8-10-15)21(22)24-16-11-12-20-18(13-16)17-5-3-4-6-19(17)25-20/h3-13H,2H2,1H3. The molecule has 4 heteroatoms. The summed E-state index contributed by atoms with van der Waals surface area (Å²) in [5.74, 6) is 0.804. The Hall–Kier alpha value is -3.27. The SMILES string of the molecule is CCOc1ccc(C(=O)Oc2ccc3oc4ccccc4c3c2)cc1. The Morgan fingerprint density at radius 1 is 0.880 bits per heavy atom. The van der Waals surface area contributed by atoms with Gasteiger partial charge >= 0.3 is 5.97 Å². The highest BCUT2D eigenvalue weighted by atomic mass is 16.5. The molecule has 0 N–H and O–H groups in total. The zero-order valence-corrected chi connectivity index (χ0v) is 13.7. The molecule has 3 aromatic carbocycles. The van der Waals surface area contributed by atoms with Crippen LogP contribution in [0, 0.1) is 0 Å². The van der Waals surface area contributed by atoms with Crippen LogP contribution in [-0.4, -0.2) is 12.6 Å². The number of ether oxygens (including phenoxy) is 2. The molecule has 0 aliphatic carbocycles. The molecule has 0 bridgehead atoms. The van der Waals surface area contributed by atoms with Gasteiger partial charge < -0.3 is 13.9 Å². The van der Waals surface area contributed by atoms with Gasteiger partial charge in [-0.3, -0.25) is 0 Å². The summed E-state index contributed by atoms with van der Waals surface area (Å²) in [5.41, 5.74) is 2.05. The van der Waals surface area contributed by atoms with E-state index >= 15 is 0 Å².